The molecule has 0 spiro atoms. The Bertz CT molecular complexity index is 917. The number of alkyl halides is 4. The van der Waals surface area contributed by atoms with Gasteiger partial charge in [0.15, 0.2) is 0 Å². The minimum atomic E-state index is -2.47. The smallest absolute Gasteiger partial charge is 0.264 e. The van der Waals surface area contributed by atoms with Gasteiger partial charge in [0.1, 0.15) is 12.3 Å². The second kappa shape index (κ2) is 21.5. The summed E-state index contributed by atoms with van der Waals surface area (Å²) in [6.07, 6.45) is 1.35. The van der Waals surface area contributed by atoms with Crippen molar-refractivity contribution >= 4 is 5.91 Å². The standard InChI is InChI=1S/C8H15F2N.C8H16FN.C8H16N2O.C8H17N.C6H12FN/c1-6(2)7-4-11(3)5-8(7,9)10;1-6(2)7-4-10(3)5-8(7)9;1-6(8(9)11)7-3-4-10(2)5-7;1-7(2)8-4-5-9(3)6-8;1-5-3-8(2)4-6(5)7/h6-7H,4-5H2,1-3H3;6-8H,4-5H2,1-3H3;6-7H,3-5H2,1-2H3,(H2,9,11);7-8H,4-6H2,1-3H3;5-6H,3-4H2,1-2H3. The van der Waals surface area contributed by atoms with Crippen LogP contribution in [0.1, 0.15) is 68.2 Å². The van der Waals surface area contributed by atoms with E-state index < -0.39 is 24.2 Å². The first-order valence-corrected chi connectivity index (χ1v) is 18.9. The van der Waals surface area contributed by atoms with E-state index in [4.69, 9.17) is 5.73 Å². The first-order valence-electron chi connectivity index (χ1n) is 18.9. The first kappa shape index (κ1) is 46.0. The van der Waals surface area contributed by atoms with Gasteiger partial charge in [-0.1, -0.05) is 55.4 Å². The average Bonchev–Trinajstić information content (AvgIpc) is 3.79. The van der Waals surface area contributed by atoms with E-state index in [0.29, 0.717) is 31.5 Å². The summed E-state index contributed by atoms with van der Waals surface area (Å²) in [7, 11) is 9.97. The Hall–Kier alpha value is -1.01. The Morgan fingerprint density at radius 2 is 1.12 bits per heavy atom. The molecule has 5 fully saturated rings. The van der Waals surface area contributed by atoms with Gasteiger partial charge >= 0.3 is 0 Å². The molecule has 0 aromatic carbocycles. The molecule has 1 amide bonds. The van der Waals surface area contributed by atoms with E-state index in [1.807, 2.05) is 46.7 Å². The highest BCUT2D eigenvalue weighted by molar-refractivity contribution is 5.76. The molecule has 5 heterocycles. The average molecular weight is 709 g/mol. The second-order valence-corrected chi connectivity index (χ2v) is 17.2. The molecule has 8 atom stereocenters. The molecule has 0 bridgehead atoms. The third kappa shape index (κ3) is 16.5. The van der Waals surface area contributed by atoms with Crippen molar-refractivity contribution in [3.8, 4) is 0 Å². The van der Waals surface area contributed by atoms with Crippen LogP contribution in [0.3, 0.4) is 0 Å². The van der Waals surface area contributed by atoms with Crippen molar-refractivity contribution in [1.29, 1.82) is 0 Å². The van der Waals surface area contributed by atoms with E-state index in [-0.39, 0.29) is 36.1 Å². The molecule has 5 aliphatic heterocycles. The monoisotopic (exact) mass is 709 g/mol. The molecule has 8 unspecified atom stereocenters. The minimum Gasteiger partial charge on any atom is -0.369 e. The molecular formula is C38H76F4N6O. The Morgan fingerprint density at radius 3 is 1.33 bits per heavy atom. The molecule has 0 radical (unpaired) electrons. The van der Waals surface area contributed by atoms with Crippen LogP contribution in [0.25, 0.3) is 0 Å². The van der Waals surface area contributed by atoms with Crippen LogP contribution in [-0.2, 0) is 4.79 Å². The molecular weight excluding hydrogens is 632 g/mol. The van der Waals surface area contributed by atoms with Crippen LogP contribution in [0.4, 0.5) is 17.6 Å². The van der Waals surface area contributed by atoms with Gasteiger partial charge in [-0.2, -0.15) is 0 Å². The zero-order valence-corrected chi connectivity index (χ0v) is 33.6. The lowest BCUT2D eigenvalue weighted by atomic mass is 9.92. The molecule has 0 aliphatic carbocycles. The molecule has 2 N–H and O–H groups in total. The number of likely N-dealkylation sites (tertiary alicyclic amines) is 5. The van der Waals surface area contributed by atoms with E-state index in [9.17, 15) is 22.4 Å². The van der Waals surface area contributed by atoms with Crippen LogP contribution in [0.15, 0.2) is 0 Å². The van der Waals surface area contributed by atoms with Gasteiger partial charge in [-0.05, 0) is 90.8 Å². The van der Waals surface area contributed by atoms with E-state index in [1.54, 1.807) is 11.9 Å². The van der Waals surface area contributed by atoms with Crippen molar-refractivity contribution in [1.82, 2.24) is 24.5 Å². The Kier molecular flexibility index (Phi) is 20.2. The third-order valence-corrected chi connectivity index (χ3v) is 11.3. The number of rotatable bonds is 5. The van der Waals surface area contributed by atoms with E-state index in [1.165, 1.54) is 19.5 Å². The maximum atomic E-state index is 13.1. The van der Waals surface area contributed by atoms with Crippen LogP contribution in [0.2, 0.25) is 0 Å². The topological polar surface area (TPSA) is 59.3 Å². The predicted octanol–water partition coefficient (Wildman–Crippen LogP) is 5.94. The minimum absolute atomic E-state index is 0.0416. The first-order chi connectivity index (χ1) is 22.5. The highest BCUT2D eigenvalue weighted by atomic mass is 19.3. The number of hydrogen-bond acceptors (Lipinski definition) is 6. The second-order valence-electron chi connectivity index (χ2n) is 17.2. The summed E-state index contributed by atoms with van der Waals surface area (Å²) in [6.45, 7) is 24.7. The predicted molar refractivity (Wildman–Crippen MR) is 197 cm³/mol. The summed E-state index contributed by atoms with van der Waals surface area (Å²) in [5.74, 6) is 0.378. The zero-order chi connectivity index (χ0) is 37.8. The Balaban J connectivity index is 0.000000308. The number of halogens is 4. The summed E-state index contributed by atoms with van der Waals surface area (Å²) in [4.78, 5) is 21.2. The summed E-state index contributed by atoms with van der Waals surface area (Å²) in [6, 6.07) is 0. The Labute approximate surface area is 298 Å². The van der Waals surface area contributed by atoms with Crippen LogP contribution in [0, 0.1) is 53.3 Å². The van der Waals surface area contributed by atoms with Gasteiger partial charge in [-0.15, -0.1) is 0 Å². The van der Waals surface area contributed by atoms with Gasteiger partial charge in [-0.3, -0.25) is 4.79 Å². The number of nitrogens with zero attached hydrogens (tertiary/aromatic N) is 5. The number of amides is 1. The highest BCUT2D eigenvalue weighted by Gasteiger charge is 2.47. The maximum absolute atomic E-state index is 13.1. The van der Waals surface area contributed by atoms with Gasteiger partial charge in [0.2, 0.25) is 5.91 Å². The highest BCUT2D eigenvalue weighted by Crippen LogP contribution is 2.36. The van der Waals surface area contributed by atoms with Crippen LogP contribution in [0.5, 0.6) is 0 Å². The summed E-state index contributed by atoms with van der Waals surface area (Å²) >= 11 is 0. The zero-order valence-electron chi connectivity index (χ0n) is 33.6. The number of carbonyl (C=O) groups is 1. The van der Waals surface area contributed by atoms with Gasteiger partial charge in [0, 0.05) is 69.5 Å². The van der Waals surface area contributed by atoms with Crippen molar-refractivity contribution in [3.05, 3.63) is 0 Å². The molecule has 5 aliphatic rings. The van der Waals surface area contributed by atoms with Gasteiger partial charge in [0.05, 0.1) is 6.54 Å². The molecule has 49 heavy (non-hydrogen) atoms. The van der Waals surface area contributed by atoms with Crippen LogP contribution < -0.4 is 5.73 Å². The largest absolute Gasteiger partial charge is 0.369 e. The summed E-state index contributed by atoms with van der Waals surface area (Å²) in [5.41, 5.74) is 5.20. The van der Waals surface area contributed by atoms with Crippen molar-refractivity contribution in [2.45, 2.75) is 86.5 Å². The fourth-order valence-electron chi connectivity index (χ4n) is 7.60. The molecule has 0 aromatic rings. The van der Waals surface area contributed by atoms with Crippen molar-refractivity contribution in [2.75, 3.05) is 101 Å². The van der Waals surface area contributed by atoms with Crippen molar-refractivity contribution in [3.63, 3.8) is 0 Å². The molecule has 0 saturated carbocycles. The van der Waals surface area contributed by atoms with Crippen LogP contribution >= 0.6 is 0 Å². The molecule has 5 rings (SSSR count). The Morgan fingerprint density at radius 1 is 0.633 bits per heavy atom. The van der Waals surface area contributed by atoms with E-state index >= 15 is 0 Å². The van der Waals surface area contributed by atoms with Crippen LogP contribution in [-0.4, -0.2) is 149 Å². The normalized spacial score (nSPS) is 33.0. The third-order valence-electron chi connectivity index (χ3n) is 11.3. The number of hydrogen-bond donors (Lipinski definition) is 1. The fraction of sp³-hybridized carbons (Fsp3) is 0.974. The van der Waals surface area contributed by atoms with Gasteiger partial charge < -0.3 is 30.2 Å². The molecule has 7 nitrogen and oxygen atoms in total. The molecule has 292 valence electrons. The number of nitrogens with two attached hydrogens (primary N) is 1. The molecule has 11 heteroatoms. The van der Waals surface area contributed by atoms with Gasteiger partial charge in [-0.25, -0.2) is 17.6 Å². The number of primary amides is 1. The lowest BCUT2D eigenvalue weighted by Gasteiger charge is -2.20. The molecule has 5 saturated heterocycles. The van der Waals surface area contributed by atoms with E-state index in [0.717, 1.165) is 44.4 Å². The molecule has 0 aromatic heterocycles. The summed E-state index contributed by atoms with van der Waals surface area (Å²) in [5, 5.41) is 0. The van der Waals surface area contributed by atoms with Crippen molar-refractivity contribution in [2.24, 2.45) is 59.0 Å². The van der Waals surface area contributed by atoms with Gasteiger partial charge in [0.25, 0.3) is 5.92 Å². The fourth-order valence-corrected chi connectivity index (χ4v) is 7.60. The quantitative estimate of drug-likeness (QED) is 0.357. The number of carbonyl (C=O) groups excluding carboxylic acids is 1. The van der Waals surface area contributed by atoms with Crippen molar-refractivity contribution < 1.29 is 22.4 Å². The lowest BCUT2D eigenvalue weighted by molar-refractivity contribution is -0.122. The SMILES string of the molecule is CC(C(N)=O)C1CCN(C)C1.CC(C)C1CCN(C)C1.CC(C)C1CN(C)CC1(F)F.CC(C)C1CN(C)CC1F.CC1CN(C)CC1F. The van der Waals surface area contributed by atoms with E-state index in [2.05, 4.69) is 56.5 Å². The summed E-state index contributed by atoms with van der Waals surface area (Å²) < 4.78 is 51.7. The maximum Gasteiger partial charge on any atom is 0.264 e. The lowest BCUT2D eigenvalue weighted by Crippen LogP contribution is -2.30.